The van der Waals surface area contributed by atoms with Gasteiger partial charge in [-0.2, -0.15) is 0 Å². The summed E-state index contributed by atoms with van der Waals surface area (Å²) in [6, 6.07) is 0. The number of esters is 1. The van der Waals surface area contributed by atoms with Crippen molar-refractivity contribution in [2.75, 3.05) is 6.61 Å². The van der Waals surface area contributed by atoms with Gasteiger partial charge in [0.15, 0.2) is 0 Å². The Labute approximate surface area is 107 Å². The van der Waals surface area contributed by atoms with Crippen LogP contribution in [0.4, 0.5) is 0 Å². The summed E-state index contributed by atoms with van der Waals surface area (Å²) in [5, 5.41) is 0. The molecule has 0 amide bonds. The zero-order chi connectivity index (χ0) is 12.9. The maximum atomic E-state index is 11.1. The minimum absolute atomic E-state index is 0.0376. The van der Waals surface area contributed by atoms with Crippen LogP contribution < -0.4 is 0 Å². The Hall–Kier alpha value is -0.530. The van der Waals surface area contributed by atoms with Crippen molar-refractivity contribution in [1.82, 2.24) is 0 Å². The average molecular weight is 242 g/mol. The van der Waals surface area contributed by atoms with Gasteiger partial charge in [-0.3, -0.25) is 4.79 Å². The van der Waals surface area contributed by atoms with Gasteiger partial charge in [-0.05, 0) is 19.3 Å². The van der Waals surface area contributed by atoms with E-state index in [1.807, 2.05) is 6.92 Å². The normalized spacial score (nSPS) is 10.8. The summed E-state index contributed by atoms with van der Waals surface area (Å²) in [6.07, 6.45) is 10.8. The van der Waals surface area contributed by atoms with Crippen molar-refractivity contribution in [3.05, 3.63) is 0 Å². The highest BCUT2D eigenvalue weighted by Crippen LogP contribution is 2.12. The van der Waals surface area contributed by atoms with E-state index in [2.05, 4.69) is 13.8 Å². The van der Waals surface area contributed by atoms with Crippen LogP contribution in [0.25, 0.3) is 0 Å². The van der Waals surface area contributed by atoms with E-state index in [0.29, 0.717) is 13.0 Å². The van der Waals surface area contributed by atoms with Crippen LogP contribution in [-0.4, -0.2) is 12.6 Å². The SMILES string of the molecule is CCOC(=O)CCCCCCCCCC(C)C. The van der Waals surface area contributed by atoms with Gasteiger partial charge < -0.3 is 4.74 Å². The fraction of sp³-hybridized carbons (Fsp3) is 0.933. The predicted molar refractivity (Wildman–Crippen MR) is 73.0 cm³/mol. The summed E-state index contributed by atoms with van der Waals surface area (Å²) < 4.78 is 4.88. The van der Waals surface area contributed by atoms with Gasteiger partial charge in [-0.15, -0.1) is 0 Å². The van der Waals surface area contributed by atoms with E-state index in [1.54, 1.807) is 0 Å². The van der Waals surface area contributed by atoms with Crippen molar-refractivity contribution in [3.8, 4) is 0 Å². The molecule has 0 aromatic carbocycles. The summed E-state index contributed by atoms with van der Waals surface area (Å²) in [6.45, 7) is 6.94. The molecule has 0 radical (unpaired) electrons. The lowest BCUT2D eigenvalue weighted by Crippen LogP contribution is -2.03. The van der Waals surface area contributed by atoms with Crippen LogP contribution in [0.1, 0.15) is 78.6 Å². The molecule has 0 aliphatic rings. The van der Waals surface area contributed by atoms with E-state index >= 15 is 0 Å². The molecule has 0 heterocycles. The maximum absolute atomic E-state index is 11.1. The first-order valence-corrected chi connectivity index (χ1v) is 7.32. The number of unbranched alkanes of at least 4 members (excludes halogenated alkanes) is 6. The molecule has 0 aromatic heterocycles. The summed E-state index contributed by atoms with van der Waals surface area (Å²) in [7, 11) is 0. The molecule has 0 spiro atoms. The first-order chi connectivity index (χ1) is 8.16. The van der Waals surface area contributed by atoms with Gasteiger partial charge in [0.2, 0.25) is 0 Å². The molecule has 17 heavy (non-hydrogen) atoms. The van der Waals surface area contributed by atoms with Gasteiger partial charge in [-0.25, -0.2) is 0 Å². The Morgan fingerprint density at radius 2 is 1.47 bits per heavy atom. The molecule has 0 aliphatic heterocycles. The predicted octanol–water partition coefficient (Wildman–Crippen LogP) is 4.72. The molecule has 0 unspecified atom stereocenters. The monoisotopic (exact) mass is 242 g/mol. The molecular weight excluding hydrogens is 212 g/mol. The lowest BCUT2D eigenvalue weighted by Gasteiger charge is -2.04. The third kappa shape index (κ3) is 13.4. The van der Waals surface area contributed by atoms with Gasteiger partial charge in [0.05, 0.1) is 6.61 Å². The lowest BCUT2D eigenvalue weighted by atomic mass is 10.0. The van der Waals surface area contributed by atoms with Crippen molar-refractivity contribution in [3.63, 3.8) is 0 Å². The third-order valence-electron chi connectivity index (χ3n) is 2.97. The molecule has 0 fully saturated rings. The van der Waals surface area contributed by atoms with Gasteiger partial charge in [0.25, 0.3) is 0 Å². The Bertz CT molecular complexity index is 176. The minimum atomic E-state index is -0.0376. The fourth-order valence-electron chi connectivity index (χ4n) is 1.94. The number of ether oxygens (including phenoxy) is 1. The smallest absolute Gasteiger partial charge is 0.305 e. The molecule has 0 saturated heterocycles. The van der Waals surface area contributed by atoms with Crippen LogP contribution in [0.5, 0.6) is 0 Å². The molecule has 0 bridgehead atoms. The highest BCUT2D eigenvalue weighted by atomic mass is 16.5. The van der Waals surface area contributed by atoms with Gasteiger partial charge in [0.1, 0.15) is 0 Å². The molecule has 0 aromatic rings. The fourth-order valence-corrected chi connectivity index (χ4v) is 1.94. The van der Waals surface area contributed by atoms with Gasteiger partial charge in [0, 0.05) is 6.42 Å². The number of carbonyl (C=O) groups excluding carboxylic acids is 1. The second-order valence-corrected chi connectivity index (χ2v) is 5.21. The largest absolute Gasteiger partial charge is 0.466 e. The summed E-state index contributed by atoms with van der Waals surface area (Å²) in [4.78, 5) is 11.1. The standard InChI is InChI=1S/C15H30O2/c1-4-17-15(16)13-11-9-7-5-6-8-10-12-14(2)3/h14H,4-13H2,1-3H3. The Balaban J connectivity index is 3.06. The molecule has 102 valence electrons. The molecule has 0 atom stereocenters. The van der Waals surface area contributed by atoms with Crippen molar-refractivity contribution in [2.45, 2.75) is 78.6 Å². The van der Waals surface area contributed by atoms with E-state index in [4.69, 9.17) is 4.74 Å². The van der Waals surface area contributed by atoms with Crippen molar-refractivity contribution in [1.29, 1.82) is 0 Å². The number of hydrogen-bond donors (Lipinski definition) is 0. The summed E-state index contributed by atoms with van der Waals surface area (Å²) >= 11 is 0. The van der Waals surface area contributed by atoms with Gasteiger partial charge in [-0.1, -0.05) is 58.8 Å². The molecule has 2 nitrogen and oxygen atoms in total. The van der Waals surface area contributed by atoms with Gasteiger partial charge >= 0.3 is 5.97 Å². The quantitative estimate of drug-likeness (QED) is 0.387. The van der Waals surface area contributed by atoms with E-state index in [9.17, 15) is 4.79 Å². The number of rotatable bonds is 11. The van der Waals surface area contributed by atoms with E-state index < -0.39 is 0 Å². The summed E-state index contributed by atoms with van der Waals surface area (Å²) in [5.74, 6) is 0.809. The first kappa shape index (κ1) is 16.5. The van der Waals surface area contributed by atoms with Crippen LogP contribution >= 0.6 is 0 Å². The molecular formula is C15H30O2. The molecule has 0 N–H and O–H groups in total. The molecule has 0 saturated carbocycles. The van der Waals surface area contributed by atoms with Crippen molar-refractivity contribution < 1.29 is 9.53 Å². The van der Waals surface area contributed by atoms with Crippen LogP contribution in [0.2, 0.25) is 0 Å². The van der Waals surface area contributed by atoms with Crippen LogP contribution in [0.3, 0.4) is 0 Å². The Kier molecular flexibility index (Phi) is 11.6. The van der Waals surface area contributed by atoms with Crippen molar-refractivity contribution in [2.24, 2.45) is 5.92 Å². The lowest BCUT2D eigenvalue weighted by molar-refractivity contribution is -0.143. The third-order valence-corrected chi connectivity index (χ3v) is 2.97. The van der Waals surface area contributed by atoms with E-state index in [-0.39, 0.29) is 5.97 Å². The number of carbonyl (C=O) groups is 1. The second kappa shape index (κ2) is 11.9. The van der Waals surface area contributed by atoms with Crippen LogP contribution in [-0.2, 0) is 9.53 Å². The highest BCUT2D eigenvalue weighted by Gasteiger charge is 2.00. The zero-order valence-corrected chi connectivity index (χ0v) is 12.0. The molecule has 0 aliphatic carbocycles. The second-order valence-electron chi connectivity index (χ2n) is 5.21. The van der Waals surface area contributed by atoms with Crippen LogP contribution in [0, 0.1) is 5.92 Å². The number of hydrogen-bond acceptors (Lipinski definition) is 2. The Morgan fingerprint density at radius 1 is 0.941 bits per heavy atom. The minimum Gasteiger partial charge on any atom is -0.466 e. The topological polar surface area (TPSA) is 26.3 Å². The average Bonchev–Trinajstić information content (AvgIpc) is 2.27. The molecule has 2 heteroatoms. The first-order valence-electron chi connectivity index (χ1n) is 7.32. The Morgan fingerprint density at radius 3 is 2.00 bits per heavy atom. The molecule has 0 rings (SSSR count). The van der Waals surface area contributed by atoms with Crippen LogP contribution in [0.15, 0.2) is 0 Å². The maximum Gasteiger partial charge on any atom is 0.305 e. The van der Waals surface area contributed by atoms with E-state index in [0.717, 1.165) is 12.3 Å². The van der Waals surface area contributed by atoms with Crippen molar-refractivity contribution >= 4 is 5.97 Å². The van der Waals surface area contributed by atoms with E-state index in [1.165, 1.54) is 44.9 Å². The zero-order valence-electron chi connectivity index (χ0n) is 12.0. The highest BCUT2D eigenvalue weighted by molar-refractivity contribution is 5.69. The summed E-state index contributed by atoms with van der Waals surface area (Å²) in [5.41, 5.74) is 0.